The van der Waals surface area contributed by atoms with Gasteiger partial charge in [0.15, 0.2) is 6.10 Å². The molecule has 0 amide bonds. The number of esters is 2. The largest absolute Gasteiger partial charge is 0.472 e. The van der Waals surface area contributed by atoms with Crippen molar-refractivity contribution in [3.63, 3.8) is 0 Å². The van der Waals surface area contributed by atoms with Crippen LogP contribution in [0.3, 0.4) is 0 Å². The molecule has 0 saturated heterocycles. The van der Waals surface area contributed by atoms with Crippen LogP contribution in [-0.2, 0) is 32.7 Å². The minimum absolute atomic E-state index is 0.0401. The van der Waals surface area contributed by atoms with Gasteiger partial charge in [0.25, 0.3) is 0 Å². The minimum Gasteiger partial charge on any atom is -0.462 e. The lowest BCUT2D eigenvalue weighted by molar-refractivity contribution is -0.161. The van der Waals surface area contributed by atoms with Crippen LogP contribution >= 0.6 is 7.82 Å². The molecule has 0 aliphatic heterocycles. The lowest BCUT2D eigenvalue weighted by Gasteiger charge is -2.19. The quantitative estimate of drug-likeness (QED) is 0.0265. The van der Waals surface area contributed by atoms with Crippen molar-refractivity contribution in [2.45, 2.75) is 187 Å². The summed E-state index contributed by atoms with van der Waals surface area (Å²) in [6.07, 6.45) is 64.0. The molecule has 0 fully saturated rings. The third kappa shape index (κ3) is 48.0. The van der Waals surface area contributed by atoms with E-state index < -0.39 is 32.5 Å². The second-order valence-electron chi connectivity index (χ2n) is 15.6. The number of nitrogens with two attached hydrogens (primary N) is 1. The maximum Gasteiger partial charge on any atom is 0.472 e. The lowest BCUT2D eigenvalue weighted by atomic mass is 10.1. The molecular weight excluding hydrogens is 810 g/mol. The van der Waals surface area contributed by atoms with E-state index in [-0.39, 0.29) is 32.6 Å². The summed E-state index contributed by atoms with van der Waals surface area (Å²) in [5, 5.41) is 0. The predicted octanol–water partition coefficient (Wildman–Crippen LogP) is 14.7. The highest BCUT2D eigenvalue weighted by Crippen LogP contribution is 2.43. The Bertz CT molecular complexity index is 1390. The smallest absolute Gasteiger partial charge is 0.462 e. The minimum atomic E-state index is -4.40. The molecule has 0 radical (unpaired) electrons. The highest BCUT2D eigenvalue weighted by atomic mass is 31.2. The van der Waals surface area contributed by atoms with Gasteiger partial charge in [-0.1, -0.05) is 175 Å². The van der Waals surface area contributed by atoms with Crippen molar-refractivity contribution in [2.24, 2.45) is 5.73 Å². The summed E-state index contributed by atoms with van der Waals surface area (Å²) in [5.41, 5.74) is 5.36. The van der Waals surface area contributed by atoms with Crippen molar-refractivity contribution in [1.29, 1.82) is 0 Å². The summed E-state index contributed by atoms with van der Waals surface area (Å²) in [5.74, 6) is -0.885. The van der Waals surface area contributed by atoms with Gasteiger partial charge in [-0.3, -0.25) is 18.6 Å². The summed E-state index contributed by atoms with van der Waals surface area (Å²) in [6, 6.07) is 0. The zero-order chi connectivity index (χ0) is 46.0. The number of allylic oxidation sites excluding steroid dienone is 18. The van der Waals surface area contributed by atoms with Crippen LogP contribution in [0, 0.1) is 0 Å². The van der Waals surface area contributed by atoms with Crippen molar-refractivity contribution >= 4 is 19.8 Å². The predicted molar refractivity (Wildman–Crippen MR) is 265 cm³/mol. The maximum atomic E-state index is 12.6. The molecule has 0 rings (SSSR count). The van der Waals surface area contributed by atoms with E-state index in [0.717, 1.165) is 96.3 Å². The molecule has 2 unspecified atom stereocenters. The Labute approximate surface area is 384 Å². The summed E-state index contributed by atoms with van der Waals surface area (Å²) in [6.45, 7) is 3.53. The van der Waals surface area contributed by atoms with Crippen LogP contribution in [0.25, 0.3) is 0 Å². The Morgan fingerprint density at radius 1 is 0.492 bits per heavy atom. The Morgan fingerprint density at radius 3 is 1.32 bits per heavy atom. The van der Waals surface area contributed by atoms with E-state index in [1.54, 1.807) is 0 Å². The molecule has 3 N–H and O–H groups in total. The van der Waals surface area contributed by atoms with Crippen LogP contribution in [0.5, 0.6) is 0 Å². The summed E-state index contributed by atoms with van der Waals surface area (Å²) in [4.78, 5) is 35.0. The first-order valence-electron chi connectivity index (χ1n) is 24.4. The van der Waals surface area contributed by atoms with Crippen molar-refractivity contribution < 1.29 is 37.6 Å². The fourth-order valence-electron chi connectivity index (χ4n) is 6.05. The number of hydrogen-bond donors (Lipinski definition) is 2. The molecule has 0 aromatic rings. The Hall–Kier alpha value is -3.33. The number of phosphoric acid groups is 1. The van der Waals surface area contributed by atoms with Gasteiger partial charge in [0.1, 0.15) is 6.61 Å². The van der Waals surface area contributed by atoms with Gasteiger partial charge >= 0.3 is 19.8 Å². The van der Waals surface area contributed by atoms with Crippen LogP contribution in [0.15, 0.2) is 109 Å². The van der Waals surface area contributed by atoms with Crippen LogP contribution in [0.1, 0.15) is 181 Å². The first kappa shape index (κ1) is 59.7. The van der Waals surface area contributed by atoms with Gasteiger partial charge in [-0.05, 0) is 103 Å². The SMILES string of the molecule is CC/C=C\C/C=C\C/C=C\C/C=C\C/C=C\C/C=C\C/C=C\CCCCCC(=O)OC(COC(=O)CCCCCCCCC/C=C\C/C=C\CCCCC)COP(=O)(O)OCCN. The zero-order valence-corrected chi connectivity index (χ0v) is 40.4. The fourth-order valence-corrected chi connectivity index (χ4v) is 6.82. The molecule has 10 heteroatoms. The van der Waals surface area contributed by atoms with Gasteiger partial charge in [0.05, 0.1) is 13.2 Å². The summed E-state index contributed by atoms with van der Waals surface area (Å²) < 4.78 is 32.8. The van der Waals surface area contributed by atoms with Gasteiger partial charge in [0.2, 0.25) is 0 Å². The molecule has 63 heavy (non-hydrogen) atoms. The monoisotopic (exact) mass is 898 g/mol. The average Bonchev–Trinajstić information content (AvgIpc) is 3.27. The van der Waals surface area contributed by atoms with Crippen molar-refractivity contribution in [3.8, 4) is 0 Å². The molecule has 0 aliphatic rings. The third-order valence-corrected chi connectivity index (χ3v) is 10.6. The van der Waals surface area contributed by atoms with E-state index in [0.29, 0.717) is 12.8 Å². The first-order chi connectivity index (χ1) is 30.8. The second kappa shape index (κ2) is 48.1. The van der Waals surface area contributed by atoms with E-state index in [9.17, 15) is 19.0 Å². The average molecular weight is 898 g/mol. The Kier molecular flexibility index (Phi) is 45.6. The van der Waals surface area contributed by atoms with E-state index >= 15 is 0 Å². The van der Waals surface area contributed by atoms with Crippen LogP contribution < -0.4 is 5.73 Å². The van der Waals surface area contributed by atoms with Crippen molar-refractivity contribution in [1.82, 2.24) is 0 Å². The van der Waals surface area contributed by atoms with Gasteiger partial charge in [0, 0.05) is 19.4 Å². The normalized spacial score (nSPS) is 14.2. The molecule has 0 bridgehead atoms. The van der Waals surface area contributed by atoms with Gasteiger partial charge < -0.3 is 20.1 Å². The summed E-state index contributed by atoms with van der Waals surface area (Å²) >= 11 is 0. The van der Waals surface area contributed by atoms with Crippen molar-refractivity contribution in [2.75, 3.05) is 26.4 Å². The number of rotatable bonds is 44. The van der Waals surface area contributed by atoms with Gasteiger partial charge in [-0.2, -0.15) is 0 Å². The number of hydrogen-bond acceptors (Lipinski definition) is 8. The summed E-state index contributed by atoms with van der Waals surface area (Å²) in [7, 11) is -4.40. The Morgan fingerprint density at radius 2 is 0.873 bits per heavy atom. The highest BCUT2D eigenvalue weighted by Gasteiger charge is 2.26. The van der Waals surface area contributed by atoms with Crippen LogP contribution in [0.2, 0.25) is 0 Å². The molecule has 0 saturated carbocycles. The molecule has 9 nitrogen and oxygen atoms in total. The van der Waals surface area contributed by atoms with Crippen LogP contribution in [-0.4, -0.2) is 49.3 Å². The van der Waals surface area contributed by atoms with Crippen LogP contribution in [0.4, 0.5) is 0 Å². The zero-order valence-electron chi connectivity index (χ0n) is 39.5. The number of unbranched alkanes of at least 4 members (excludes halogenated alkanes) is 13. The number of carbonyl (C=O) groups excluding carboxylic acids is 2. The topological polar surface area (TPSA) is 134 Å². The fraction of sp³-hybridized carbons (Fsp3) is 0.623. The van der Waals surface area contributed by atoms with E-state index in [1.165, 1.54) is 44.9 Å². The lowest BCUT2D eigenvalue weighted by Crippen LogP contribution is -2.29. The van der Waals surface area contributed by atoms with E-state index in [2.05, 4.69) is 123 Å². The standard InChI is InChI=1S/C53H88NO8P/c1-3-5-7-9-11-13-15-17-19-21-22-23-24-25-26-27-28-30-32-34-36-38-40-42-44-46-53(56)62-51(50-61-63(57,58)60-48-47-54)49-59-52(55)45-43-41-39-37-35-33-31-29-20-18-16-14-12-10-8-6-4-2/h5,7,11-14,17-20,22-23,25-26,28,30,34,36,51H,3-4,6,8-10,15-16,21,24,27,29,31-33,35,37-50,54H2,1-2H3,(H,57,58)/b7-5-,13-11-,14-12-,19-17-,20-18-,23-22-,26-25-,30-28-,36-34-. The number of ether oxygens (including phenoxy) is 2. The molecular formula is C53H88NO8P. The third-order valence-electron chi connectivity index (χ3n) is 9.64. The molecule has 2 atom stereocenters. The van der Waals surface area contributed by atoms with E-state index in [4.69, 9.17) is 24.3 Å². The molecule has 0 aromatic carbocycles. The van der Waals surface area contributed by atoms with Gasteiger partial charge in [-0.15, -0.1) is 0 Å². The molecule has 0 aliphatic carbocycles. The molecule has 0 aromatic heterocycles. The Balaban J connectivity index is 4.21. The maximum absolute atomic E-state index is 12.6. The molecule has 358 valence electrons. The number of phosphoric ester groups is 1. The first-order valence-corrected chi connectivity index (χ1v) is 25.9. The molecule has 0 heterocycles. The number of carbonyl (C=O) groups is 2. The second-order valence-corrected chi connectivity index (χ2v) is 17.0. The molecule has 0 spiro atoms. The van der Waals surface area contributed by atoms with E-state index in [1.807, 2.05) is 0 Å². The van der Waals surface area contributed by atoms with Gasteiger partial charge in [-0.25, -0.2) is 4.57 Å². The van der Waals surface area contributed by atoms with Crippen molar-refractivity contribution in [3.05, 3.63) is 109 Å². The highest BCUT2D eigenvalue weighted by molar-refractivity contribution is 7.47.